The maximum atomic E-state index is 8.06. The number of nitrogens with zero attached hydrogens (tertiary/aromatic N) is 2. The lowest BCUT2D eigenvalue weighted by Gasteiger charge is -2.57. The first-order valence-electron chi connectivity index (χ1n) is 21.2. The third kappa shape index (κ3) is 7.32. The Morgan fingerprint density at radius 3 is 1.21 bits per heavy atom. The van der Waals surface area contributed by atoms with Crippen molar-refractivity contribution in [2.45, 2.75) is 129 Å². The van der Waals surface area contributed by atoms with E-state index in [0.717, 1.165) is 56.9 Å². The van der Waals surface area contributed by atoms with Gasteiger partial charge in [0.15, 0.2) is 0 Å². The zero-order valence-electron chi connectivity index (χ0n) is 35.6. The summed E-state index contributed by atoms with van der Waals surface area (Å²) in [6.07, 6.45) is 8.08. The standard InChI is InChI=1S/C53H63ClN2/c1-35-13-11-12-14-46(35)56(45-25-19-41(20-26-45)52(8,9)10)48-31-42(53-32-36-27-37(33-53)29-38(28-36)34-53)30-47(49(48)54)55(43-21-15-39(16-22-43)50(2,3)4)44-23-17-40(18-24-44)51(5,6)7/h11-26,30-31,36-38H,27-29,32-34H2,1-10H3. The molecule has 0 aromatic heterocycles. The van der Waals surface area contributed by atoms with E-state index in [1.54, 1.807) is 0 Å². The molecule has 56 heavy (non-hydrogen) atoms. The number of aryl methyl sites for hydroxylation is 1. The maximum Gasteiger partial charge on any atom is 0.0887 e. The van der Waals surface area contributed by atoms with E-state index in [1.807, 2.05) is 0 Å². The molecule has 4 aliphatic rings. The molecule has 0 N–H and O–H groups in total. The fraction of sp³-hybridized carbons (Fsp3) is 0.434. The number of hydrogen-bond acceptors (Lipinski definition) is 2. The minimum atomic E-state index is 0.0531. The molecule has 0 heterocycles. The van der Waals surface area contributed by atoms with Crippen molar-refractivity contribution in [3.05, 3.63) is 142 Å². The van der Waals surface area contributed by atoms with Gasteiger partial charge in [-0.1, -0.05) is 129 Å². The summed E-state index contributed by atoms with van der Waals surface area (Å²) in [5, 5.41) is 0.765. The molecular formula is C53H63ClN2. The number of halogens is 1. The largest absolute Gasteiger partial charge is 0.309 e. The Morgan fingerprint density at radius 1 is 0.482 bits per heavy atom. The summed E-state index contributed by atoms with van der Waals surface area (Å²) >= 11 is 8.06. The quantitative estimate of drug-likeness (QED) is 0.163. The number of rotatable bonds is 7. The van der Waals surface area contributed by atoms with Crippen LogP contribution in [-0.4, -0.2) is 0 Å². The van der Waals surface area contributed by atoms with Gasteiger partial charge in [-0.3, -0.25) is 0 Å². The van der Waals surface area contributed by atoms with Crippen molar-refractivity contribution >= 4 is 45.7 Å². The summed E-state index contributed by atoms with van der Waals surface area (Å²) in [4.78, 5) is 4.88. The number of para-hydroxylation sites is 1. The molecule has 0 radical (unpaired) electrons. The van der Waals surface area contributed by atoms with Gasteiger partial charge in [-0.15, -0.1) is 0 Å². The smallest absolute Gasteiger partial charge is 0.0887 e. The molecule has 9 rings (SSSR count). The molecule has 4 aliphatic carbocycles. The highest BCUT2D eigenvalue weighted by atomic mass is 35.5. The molecule has 2 nitrogen and oxygen atoms in total. The van der Waals surface area contributed by atoms with Gasteiger partial charge < -0.3 is 9.80 Å². The summed E-state index contributed by atoms with van der Waals surface area (Å²) in [5.41, 5.74) is 13.6. The highest BCUT2D eigenvalue weighted by Gasteiger charge is 2.52. The summed E-state index contributed by atoms with van der Waals surface area (Å²) in [7, 11) is 0. The van der Waals surface area contributed by atoms with E-state index in [-0.39, 0.29) is 21.7 Å². The first kappa shape index (κ1) is 38.8. The molecule has 0 aliphatic heterocycles. The number of benzene rings is 5. The molecule has 5 aromatic carbocycles. The second-order valence-electron chi connectivity index (χ2n) is 20.9. The van der Waals surface area contributed by atoms with E-state index in [0.29, 0.717) is 0 Å². The van der Waals surface area contributed by atoms with Gasteiger partial charge in [0.2, 0.25) is 0 Å². The zero-order chi connectivity index (χ0) is 39.8. The van der Waals surface area contributed by atoms with Gasteiger partial charge in [-0.2, -0.15) is 0 Å². The lowest BCUT2D eigenvalue weighted by molar-refractivity contribution is -0.00515. The second kappa shape index (κ2) is 14.1. The van der Waals surface area contributed by atoms with Crippen LogP contribution in [0.3, 0.4) is 0 Å². The van der Waals surface area contributed by atoms with Crippen LogP contribution in [0.1, 0.15) is 129 Å². The molecule has 4 fully saturated rings. The van der Waals surface area contributed by atoms with Crippen LogP contribution in [-0.2, 0) is 21.7 Å². The SMILES string of the molecule is Cc1ccccc1N(c1ccc(C(C)(C)C)cc1)c1cc(C23CC4CC(CC(C4)C2)C3)cc(N(c2ccc(C(C)(C)C)cc2)c2ccc(C(C)(C)C)cc2)c1Cl. The highest BCUT2D eigenvalue weighted by molar-refractivity contribution is 6.36. The third-order valence-electron chi connectivity index (χ3n) is 13.5. The van der Waals surface area contributed by atoms with Gasteiger partial charge in [-0.25, -0.2) is 0 Å². The summed E-state index contributed by atoms with van der Waals surface area (Å²) in [6.45, 7) is 22.8. The molecule has 0 saturated heterocycles. The van der Waals surface area contributed by atoms with E-state index in [2.05, 4.69) is 188 Å². The van der Waals surface area contributed by atoms with Gasteiger partial charge in [-0.05, 0) is 167 Å². The molecular weight excluding hydrogens is 700 g/mol. The van der Waals surface area contributed by atoms with Gasteiger partial charge >= 0.3 is 0 Å². The fourth-order valence-corrected chi connectivity index (χ4v) is 10.9. The Bertz CT molecular complexity index is 2100. The van der Waals surface area contributed by atoms with Crippen molar-refractivity contribution in [2.24, 2.45) is 17.8 Å². The van der Waals surface area contributed by atoms with Gasteiger partial charge in [0.25, 0.3) is 0 Å². The number of anilines is 6. The molecule has 292 valence electrons. The van der Waals surface area contributed by atoms with Crippen LogP contribution in [0, 0.1) is 24.7 Å². The van der Waals surface area contributed by atoms with Crippen LogP contribution < -0.4 is 9.80 Å². The van der Waals surface area contributed by atoms with Crippen LogP contribution >= 0.6 is 11.6 Å². The normalized spacial score (nSPS) is 22.0. The zero-order valence-corrected chi connectivity index (χ0v) is 36.4. The van der Waals surface area contributed by atoms with Gasteiger partial charge in [0.05, 0.1) is 16.4 Å². The minimum Gasteiger partial charge on any atom is -0.309 e. The molecule has 4 bridgehead atoms. The second-order valence-corrected chi connectivity index (χ2v) is 21.3. The van der Waals surface area contributed by atoms with Crippen molar-refractivity contribution in [2.75, 3.05) is 9.80 Å². The molecule has 0 unspecified atom stereocenters. The minimum absolute atomic E-state index is 0.0531. The summed E-state index contributed by atoms with van der Waals surface area (Å²) in [5.74, 6) is 2.48. The Morgan fingerprint density at radius 2 is 0.839 bits per heavy atom. The lowest BCUT2D eigenvalue weighted by Crippen LogP contribution is -2.48. The third-order valence-corrected chi connectivity index (χ3v) is 13.9. The predicted octanol–water partition coefficient (Wildman–Crippen LogP) is 15.9. The van der Waals surface area contributed by atoms with E-state index < -0.39 is 0 Å². The van der Waals surface area contributed by atoms with Crippen LogP contribution in [0.5, 0.6) is 0 Å². The fourth-order valence-electron chi connectivity index (χ4n) is 10.7. The topological polar surface area (TPSA) is 6.48 Å². The Labute approximate surface area is 343 Å². The predicted molar refractivity (Wildman–Crippen MR) is 242 cm³/mol. The average molecular weight is 764 g/mol. The van der Waals surface area contributed by atoms with E-state index >= 15 is 0 Å². The van der Waals surface area contributed by atoms with Crippen molar-refractivity contribution in [3.8, 4) is 0 Å². The molecule has 5 aromatic rings. The lowest BCUT2D eigenvalue weighted by atomic mass is 9.48. The van der Waals surface area contributed by atoms with Crippen LogP contribution in [0.15, 0.2) is 109 Å². The van der Waals surface area contributed by atoms with E-state index in [1.165, 1.54) is 66.3 Å². The Kier molecular flexibility index (Phi) is 9.80. The Hall–Kier alpha value is -4.01. The number of hydrogen-bond donors (Lipinski definition) is 0. The summed E-state index contributed by atoms with van der Waals surface area (Å²) in [6, 6.07) is 41.4. The van der Waals surface area contributed by atoms with Gasteiger partial charge in [0.1, 0.15) is 0 Å². The Balaban J connectivity index is 1.40. The van der Waals surface area contributed by atoms with E-state index in [9.17, 15) is 0 Å². The van der Waals surface area contributed by atoms with Crippen molar-refractivity contribution < 1.29 is 0 Å². The molecule has 0 spiro atoms. The van der Waals surface area contributed by atoms with Crippen molar-refractivity contribution in [1.29, 1.82) is 0 Å². The maximum absolute atomic E-state index is 8.06. The average Bonchev–Trinajstić information content (AvgIpc) is 3.13. The monoisotopic (exact) mass is 762 g/mol. The molecule has 0 amide bonds. The summed E-state index contributed by atoms with van der Waals surface area (Å²) < 4.78 is 0. The van der Waals surface area contributed by atoms with Crippen molar-refractivity contribution in [1.82, 2.24) is 0 Å². The first-order valence-corrected chi connectivity index (χ1v) is 21.6. The van der Waals surface area contributed by atoms with Crippen LogP contribution in [0.25, 0.3) is 0 Å². The first-order chi connectivity index (χ1) is 26.4. The van der Waals surface area contributed by atoms with Crippen LogP contribution in [0.4, 0.5) is 34.1 Å². The molecule has 3 heteroatoms. The van der Waals surface area contributed by atoms with Crippen LogP contribution in [0.2, 0.25) is 5.02 Å². The van der Waals surface area contributed by atoms with Gasteiger partial charge in [0, 0.05) is 22.7 Å². The molecule has 0 atom stereocenters. The van der Waals surface area contributed by atoms with E-state index in [4.69, 9.17) is 11.6 Å². The molecule has 4 saturated carbocycles. The highest BCUT2D eigenvalue weighted by Crippen LogP contribution is 2.62. The van der Waals surface area contributed by atoms with Crippen molar-refractivity contribution in [3.63, 3.8) is 0 Å².